The Morgan fingerprint density at radius 3 is 2.64 bits per heavy atom. The smallest absolute Gasteiger partial charge is 0.148 e. The largest absolute Gasteiger partial charge is 0.301 e. The Bertz CT molecular complexity index is 808. The summed E-state index contributed by atoms with van der Waals surface area (Å²) in [6.45, 7) is 10.4. The van der Waals surface area contributed by atoms with E-state index in [0.29, 0.717) is 0 Å². The molecular formula is C18H20N4. The number of fused-ring (bicyclic) bond motifs is 1. The van der Waals surface area contributed by atoms with Gasteiger partial charge < -0.3 is 4.57 Å². The zero-order valence-corrected chi connectivity index (χ0v) is 13.5. The molecule has 0 bridgehead atoms. The second-order valence-corrected chi connectivity index (χ2v) is 5.52. The Kier molecular flexibility index (Phi) is 3.45. The van der Waals surface area contributed by atoms with Gasteiger partial charge in [0.1, 0.15) is 18.0 Å². The van der Waals surface area contributed by atoms with Gasteiger partial charge >= 0.3 is 0 Å². The molecule has 2 aromatic rings. The highest BCUT2D eigenvalue weighted by molar-refractivity contribution is 6.03. The average Bonchev–Trinajstić information content (AvgIpc) is 2.94. The second kappa shape index (κ2) is 5.30. The minimum atomic E-state index is 0.873. The number of benzene rings is 1. The van der Waals surface area contributed by atoms with Gasteiger partial charge in [-0.05, 0) is 50.1 Å². The van der Waals surface area contributed by atoms with E-state index in [1.54, 1.807) is 13.4 Å². The van der Waals surface area contributed by atoms with E-state index in [9.17, 15) is 0 Å². The molecule has 0 aliphatic carbocycles. The summed E-state index contributed by atoms with van der Waals surface area (Å²) in [7, 11) is 1.77. The van der Waals surface area contributed by atoms with Crippen molar-refractivity contribution >= 4 is 23.7 Å². The molecule has 4 nitrogen and oxygen atoms in total. The topological polar surface area (TPSA) is 32.9 Å². The van der Waals surface area contributed by atoms with E-state index in [-0.39, 0.29) is 0 Å². The van der Waals surface area contributed by atoms with Crippen molar-refractivity contribution in [3.05, 3.63) is 53.7 Å². The van der Waals surface area contributed by atoms with Gasteiger partial charge in [-0.2, -0.15) is 0 Å². The number of hydrogen-bond donors (Lipinski definition) is 0. The molecule has 2 heterocycles. The quantitative estimate of drug-likeness (QED) is 0.575. The minimum Gasteiger partial charge on any atom is -0.301 e. The van der Waals surface area contributed by atoms with Crippen LogP contribution in [0.4, 0.5) is 5.82 Å². The molecule has 1 aliphatic heterocycles. The van der Waals surface area contributed by atoms with Crippen LogP contribution in [-0.4, -0.2) is 28.7 Å². The number of aliphatic imine (C=N–C) groups is 2. The standard InChI is InChI=1S/C18H20N4/c1-12-6-7-16(10-13(12)2)21-9-8-17-14(3)22(15(4)19-5)11-20-18(17)21/h6-11H,3H2,1-2,4-5H3. The third-order valence-electron chi connectivity index (χ3n) is 4.20. The van der Waals surface area contributed by atoms with Gasteiger partial charge in [0.15, 0.2) is 0 Å². The molecule has 0 N–H and O–H groups in total. The molecule has 3 rings (SSSR count). The van der Waals surface area contributed by atoms with Crippen LogP contribution in [-0.2, 0) is 0 Å². The number of nitrogens with zero attached hydrogens (tertiary/aromatic N) is 4. The number of amidine groups is 1. The summed E-state index contributed by atoms with van der Waals surface area (Å²) >= 11 is 0. The lowest BCUT2D eigenvalue weighted by atomic mass is 10.1. The van der Waals surface area contributed by atoms with Crippen molar-refractivity contribution in [2.45, 2.75) is 20.8 Å². The average molecular weight is 292 g/mol. The zero-order valence-electron chi connectivity index (χ0n) is 13.5. The molecule has 1 aliphatic rings. The number of hydrogen-bond acceptors (Lipinski definition) is 2. The van der Waals surface area contributed by atoms with E-state index in [4.69, 9.17) is 0 Å². The molecule has 0 saturated carbocycles. The molecule has 22 heavy (non-hydrogen) atoms. The summed E-state index contributed by atoms with van der Waals surface area (Å²) in [5.41, 5.74) is 5.61. The maximum atomic E-state index is 4.60. The Morgan fingerprint density at radius 2 is 1.95 bits per heavy atom. The van der Waals surface area contributed by atoms with E-state index in [0.717, 1.165) is 28.6 Å². The van der Waals surface area contributed by atoms with Gasteiger partial charge in [-0.25, -0.2) is 4.99 Å². The van der Waals surface area contributed by atoms with Crippen LogP contribution in [0.25, 0.3) is 11.4 Å². The van der Waals surface area contributed by atoms with Crippen molar-refractivity contribution in [2.75, 3.05) is 7.05 Å². The Hall–Kier alpha value is -2.62. The summed E-state index contributed by atoms with van der Waals surface area (Å²) in [4.78, 5) is 10.7. The molecular weight excluding hydrogens is 272 g/mol. The fraction of sp³-hybridized carbons (Fsp3) is 0.222. The van der Waals surface area contributed by atoms with Gasteiger partial charge in [0, 0.05) is 24.5 Å². The second-order valence-electron chi connectivity index (χ2n) is 5.52. The van der Waals surface area contributed by atoms with Crippen molar-refractivity contribution in [1.82, 2.24) is 9.47 Å². The van der Waals surface area contributed by atoms with Gasteiger partial charge in [-0.1, -0.05) is 12.6 Å². The van der Waals surface area contributed by atoms with Crippen molar-refractivity contribution in [3.8, 4) is 5.69 Å². The fourth-order valence-electron chi connectivity index (χ4n) is 2.56. The summed E-state index contributed by atoms with van der Waals surface area (Å²) in [6, 6.07) is 8.49. The maximum absolute atomic E-state index is 4.60. The van der Waals surface area contributed by atoms with E-state index in [2.05, 4.69) is 59.2 Å². The van der Waals surface area contributed by atoms with Crippen LogP contribution in [0.5, 0.6) is 0 Å². The van der Waals surface area contributed by atoms with Crippen LogP contribution in [0.2, 0.25) is 0 Å². The molecule has 1 aromatic heterocycles. The molecule has 112 valence electrons. The monoisotopic (exact) mass is 292 g/mol. The van der Waals surface area contributed by atoms with E-state index >= 15 is 0 Å². The molecule has 0 fully saturated rings. The number of aromatic nitrogens is 1. The highest BCUT2D eigenvalue weighted by Crippen LogP contribution is 2.34. The third kappa shape index (κ3) is 2.17. The SMILES string of the molecule is C=C1c2ccn(-c3ccc(C)c(C)c3)c2N=CN1C(C)=NC. The van der Waals surface area contributed by atoms with Crippen LogP contribution in [0, 0.1) is 13.8 Å². The van der Waals surface area contributed by atoms with Crippen molar-refractivity contribution in [3.63, 3.8) is 0 Å². The molecule has 0 radical (unpaired) electrons. The first-order valence-corrected chi connectivity index (χ1v) is 7.28. The number of rotatable bonds is 1. The normalized spacial score (nSPS) is 14.5. The zero-order chi connectivity index (χ0) is 15.9. The Balaban J connectivity index is 2.07. The molecule has 0 saturated heterocycles. The van der Waals surface area contributed by atoms with E-state index in [1.165, 1.54) is 11.1 Å². The molecule has 0 spiro atoms. The van der Waals surface area contributed by atoms with Gasteiger partial charge in [0.05, 0.1) is 5.70 Å². The van der Waals surface area contributed by atoms with Crippen LogP contribution in [0.1, 0.15) is 23.6 Å². The lowest BCUT2D eigenvalue weighted by molar-refractivity contribution is 0.859. The first-order chi connectivity index (χ1) is 10.5. The third-order valence-corrected chi connectivity index (χ3v) is 4.20. The highest BCUT2D eigenvalue weighted by atomic mass is 15.2. The van der Waals surface area contributed by atoms with Gasteiger partial charge in [-0.3, -0.25) is 9.89 Å². The van der Waals surface area contributed by atoms with Crippen LogP contribution in [0.15, 0.2) is 47.0 Å². The maximum Gasteiger partial charge on any atom is 0.148 e. The first kappa shape index (κ1) is 14.3. The molecule has 0 atom stereocenters. The van der Waals surface area contributed by atoms with Gasteiger partial charge in [0.2, 0.25) is 0 Å². The predicted octanol–water partition coefficient (Wildman–Crippen LogP) is 4.09. The Labute approximate surface area is 131 Å². The van der Waals surface area contributed by atoms with Crippen LogP contribution < -0.4 is 0 Å². The lowest BCUT2D eigenvalue weighted by Gasteiger charge is -2.25. The molecule has 4 heteroatoms. The van der Waals surface area contributed by atoms with Crippen LogP contribution >= 0.6 is 0 Å². The Morgan fingerprint density at radius 1 is 1.18 bits per heavy atom. The van der Waals surface area contributed by atoms with E-state index in [1.807, 2.05) is 18.0 Å². The molecule has 0 amide bonds. The van der Waals surface area contributed by atoms with Crippen molar-refractivity contribution in [1.29, 1.82) is 0 Å². The summed E-state index contributed by atoms with van der Waals surface area (Å²) < 4.78 is 2.10. The van der Waals surface area contributed by atoms with Crippen molar-refractivity contribution in [2.24, 2.45) is 9.98 Å². The molecule has 0 unspecified atom stereocenters. The fourth-order valence-corrected chi connectivity index (χ4v) is 2.56. The summed E-state index contributed by atoms with van der Waals surface area (Å²) in [6.07, 6.45) is 3.82. The van der Waals surface area contributed by atoms with Gasteiger partial charge in [-0.15, -0.1) is 0 Å². The summed E-state index contributed by atoms with van der Waals surface area (Å²) in [5.74, 6) is 1.78. The lowest BCUT2D eigenvalue weighted by Crippen LogP contribution is -2.27. The van der Waals surface area contributed by atoms with Gasteiger partial charge in [0.25, 0.3) is 0 Å². The number of aryl methyl sites for hydroxylation is 2. The minimum absolute atomic E-state index is 0.873. The predicted molar refractivity (Wildman–Crippen MR) is 93.3 cm³/mol. The van der Waals surface area contributed by atoms with E-state index < -0.39 is 0 Å². The molecule has 1 aromatic carbocycles. The first-order valence-electron chi connectivity index (χ1n) is 7.28. The van der Waals surface area contributed by atoms with Crippen molar-refractivity contribution < 1.29 is 0 Å². The van der Waals surface area contributed by atoms with Crippen LogP contribution in [0.3, 0.4) is 0 Å². The summed E-state index contributed by atoms with van der Waals surface area (Å²) in [5, 5.41) is 0. The highest BCUT2D eigenvalue weighted by Gasteiger charge is 2.21.